The molecule has 5 unspecified atom stereocenters. The minimum Gasteiger partial charge on any atom is -0.394 e. The average molecular weight is 1050 g/mol. The van der Waals surface area contributed by atoms with Gasteiger partial charge < -0.3 is 54.2 Å². The van der Waals surface area contributed by atoms with E-state index in [1.165, 1.54) is 39.4 Å². The second-order valence-electron chi connectivity index (χ2n) is 18.4. The molecule has 5 N–H and O–H groups in total. The van der Waals surface area contributed by atoms with Crippen LogP contribution >= 0.6 is 21.6 Å². The number of alkyl halides is 2. The number of aromatic amines is 2. The molecule has 73 heavy (non-hydrogen) atoms. The Kier molecular flexibility index (Phi) is 19.2. The van der Waals surface area contributed by atoms with Crippen LogP contribution in [0.3, 0.4) is 0 Å². The van der Waals surface area contributed by atoms with E-state index < -0.39 is 48.6 Å². The van der Waals surface area contributed by atoms with Crippen LogP contribution in [0.2, 0.25) is 0 Å². The van der Waals surface area contributed by atoms with Crippen LogP contribution in [0.1, 0.15) is 38.2 Å². The summed E-state index contributed by atoms with van der Waals surface area (Å²) in [4.78, 5) is 63.3. The predicted octanol–water partition coefficient (Wildman–Crippen LogP) is 6.25. The zero-order valence-corrected chi connectivity index (χ0v) is 42.7. The number of anilines is 1. The fraction of sp³-hybridized carbons (Fsp3) is 0.500. The molecule has 8 rings (SSSR count). The molecule has 2 fully saturated rings. The van der Waals surface area contributed by atoms with Crippen molar-refractivity contribution in [2.75, 3.05) is 95.8 Å². The second-order valence-corrected chi connectivity index (χ2v) is 21.1. The van der Waals surface area contributed by atoms with E-state index in [2.05, 4.69) is 61.4 Å². The van der Waals surface area contributed by atoms with Crippen molar-refractivity contribution in [1.29, 1.82) is 0 Å². The van der Waals surface area contributed by atoms with Gasteiger partial charge in [-0.15, -0.1) is 0 Å². The van der Waals surface area contributed by atoms with Gasteiger partial charge in [0.25, 0.3) is 0 Å². The molecule has 0 bridgehead atoms. The Morgan fingerprint density at radius 3 is 2.23 bits per heavy atom. The summed E-state index contributed by atoms with van der Waals surface area (Å²) in [6, 6.07) is 20.7. The SMILES string of the molecule is CC(C(=O)CCSSCCC(=O)NCCOCCOCCOCc1ccc(-c2nc3ccc(-c4nc5ccc(N6CCN(C)CC6)cc5[nH]4)cc3[nH]2)cc1)C1=NC(=O)CCC(C2OC(CO)C(O)C2(F)F)C=C1. The van der Waals surface area contributed by atoms with E-state index in [1.807, 2.05) is 36.4 Å². The molecule has 5 aromatic rings. The van der Waals surface area contributed by atoms with Crippen LogP contribution in [-0.4, -0.2) is 174 Å². The van der Waals surface area contributed by atoms with Crippen molar-refractivity contribution >= 4 is 72.7 Å². The molecule has 3 aromatic carbocycles. The summed E-state index contributed by atoms with van der Waals surface area (Å²) in [7, 11) is 5.09. The summed E-state index contributed by atoms with van der Waals surface area (Å²) in [5.74, 6) is -3.48. The number of aromatic nitrogens is 4. The van der Waals surface area contributed by atoms with Crippen LogP contribution in [0.5, 0.6) is 0 Å². The maximum absolute atomic E-state index is 14.8. The molecule has 0 saturated carbocycles. The number of likely N-dealkylation sites (N-methyl/N-ethyl adjacent to an activating group) is 1. The first-order chi connectivity index (χ1) is 35.4. The van der Waals surface area contributed by atoms with Crippen molar-refractivity contribution in [1.82, 2.24) is 30.2 Å². The topological polar surface area (TPSA) is 217 Å². The molecule has 2 aromatic heterocycles. The summed E-state index contributed by atoms with van der Waals surface area (Å²) in [6.07, 6.45) is -2.09. The average Bonchev–Trinajstić information content (AvgIpc) is 4.08. The highest BCUT2D eigenvalue weighted by Crippen LogP contribution is 2.42. The van der Waals surface area contributed by atoms with Crippen LogP contribution < -0.4 is 10.2 Å². The lowest BCUT2D eigenvalue weighted by molar-refractivity contribution is -0.127. The minimum absolute atomic E-state index is 0.0209. The van der Waals surface area contributed by atoms with Crippen molar-refractivity contribution in [3.63, 3.8) is 0 Å². The van der Waals surface area contributed by atoms with E-state index in [1.54, 1.807) is 6.92 Å². The lowest BCUT2D eigenvalue weighted by Gasteiger charge is -2.34. The molecule has 2 saturated heterocycles. The number of H-pyrrole nitrogens is 2. The molecule has 392 valence electrons. The van der Waals surface area contributed by atoms with Gasteiger partial charge in [0.15, 0.2) is 0 Å². The number of carbonyl (C=O) groups excluding carboxylic acids is 3. The summed E-state index contributed by atoms with van der Waals surface area (Å²) in [5.41, 5.74) is 8.17. The van der Waals surface area contributed by atoms with Gasteiger partial charge in [-0.05, 0) is 68.4 Å². The lowest BCUT2D eigenvalue weighted by Crippen LogP contribution is -2.44. The Labute approximate surface area is 430 Å². The zero-order valence-electron chi connectivity index (χ0n) is 41.1. The Morgan fingerprint density at radius 1 is 0.877 bits per heavy atom. The number of ether oxygens (including phenoxy) is 4. The largest absolute Gasteiger partial charge is 0.394 e. The summed E-state index contributed by atoms with van der Waals surface area (Å²) in [5, 5.41) is 22.1. The van der Waals surface area contributed by atoms with E-state index in [4.69, 9.17) is 28.9 Å². The number of fused-ring (bicyclic) bond motifs is 2. The van der Waals surface area contributed by atoms with Crippen molar-refractivity contribution < 1.29 is 52.3 Å². The molecule has 0 spiro atoms. The minimum atomic E-state index is -3.62. The van der Waals surface area contributed by atoms with E-state index in [-0.39, 0.29) is 36.7 Å². The third-order valence-electron chi connectivity index (χ3n) is 13.2. The number of aliphatic imine (C=N–C) groups is 1. The van der Waals surface area contributed by atoms with E-state index >= 15 is 0 Å². The number of piperazine rings is 1. The fourth-order valence-electron chi connectivity index (χ4n) is 8.84. The highest BCUT2D eigenvalue weighted by Gasteiger charge is 2.60. The summed E-state index contributed by atoms with van der Waals surface area (Å²) in [6.45, 7) is 7.79. The van der Waals surface area contributed by atoms with Gasteiger partial charge in [-0.1, -0.05) is 51.9 Å². The molecule has 2 amide bonds. The smallest absolute Gasteiger partial charge is 0.302 e. The molecule has 3 aliphatic heterocycles. The Bertz CT molecular complexity index is 2710. The highest BCUT2D eigenvalue weighted by molar-refractivity contribution is 8.76. The Morgan fingerprint density at radius 2 is 1.52 bits per heavy atom. The standard InChI is InChI=1S/C52H64F2N8O9S2/c1-33(39-11-7-35(9-14-47(66)56-39)49-52(53,54)48(67)45(31-63)71-49)44(64)15-27-72-73-28-16-46(65)55-17-22-68-23-24-69-25-26-70-32-34-3-5-36(6-4-34)50-57-40-12-8-37(29-42(40)59-50)51-58-41-13-10-38(30-43(41)60-51)62-20-18-61(2)19-21-62/h3-8,10-13,29-30,33,35,45,48-49,63,67H,9,14-28,31-32H2,1-2H3,(H,55,65)(H,57,59)(H,58,60). The normalized spacial score (nSPS) is 20.9. The quantitative estimate of drug-likeness (QED) is 0.0323. The van der Waals surface area contributed by atoms with Crippen LogP contribution in [0.15, 0.2) is 77.8 Å². The third-order valence-corrected chi connectivity index (χ3v) is 15.6. The number of nitrogens with one attached hydrogen (secondary N) is 3. The van der Waals surface area contributed by atoms with Gasteiger partial charge in [0, 0.05) is 86.2 Å². The number of benzene rings is 3. The molecule has 3 aliphatic rings. The number of carbonyl (C=O) groups is 3. The van der Waals surface area contributed by atoms with Crippen LogP contribution in [0, 0.1) is 11.8 Å². The number of hydrogen-bond acceptors (Lipinski definition) is 15. The van der Waals surface area contributed by atoms with Gasteiger partial charge >= 0.3 is 5.92 Å². The van der Waals surface area contributed by atoms with Gasteiger partial charge in [0.2, 0.25) is 11.8 Å². The number of halogens is 2. The fourth-order valence-corrected chi connectivity index (χ4v) is 10.8. The van der Waals surface area contributed by atoms with Gasteiger partial charge in [0.05, 0.1) is 79.9 Å². The van der Waals surface area contributed by atoms with Crippen LogP contribution in [0.4, 0.5) is 14.5 Å². The van der Waals surface area contributed by atoms with Gasteiger partial charge in [-0.2, -0.15) is 0 Å². The first kappa shape index (κ1) is 54.2. The molecule has 5 heterocycles. The first-order valence-electron chi connectivity index (χ1n) is 24.8. The predicted molar refractivity (Wildman–Crippen MR) is 280 cm³/mol. The monoisotopic (exact) mass is 1050 g/mol. The molecule has 5 atom stereocenters. The molecule has 21 heteroatoms. The van der Waals surface area contributed by atoms with Crippen molar-refractivity contribution in [3.05, 3.63) is 78.4 Å². The molecular formula is C52H64F2N8O9S2. The number of aliphatic hydroxyl groups excluding tert-OH is 2. The van der Waals surface area contributed by atoms with E-state index in [0.717, 1.165) is 76.6 Å². The van der Waals surface area contributed by atoms with Crippen molar-refractivity contribution in [3.8, 4) is 22.8 Å². The van der Waals surface area contributed by atoms with Crippen LogP contribution in [-0.2, 0) is 39.9 Å². The first-order valence-corrected chi connectivity index (χ1v) is 27.3. The molecule has 0 aliphatic carbocycles. The Balaban J connectivity index is 0.638. The number of nitrogens with zero attached hydrogens (tertiary/aromatic N) is 5. The number of imidazole rings is 2. The summed E-state index contributed by atoms with van der Waals surface area (Å²) < 4.78 is 51.8. The number of aliphatic hydroxyl groups is 2. The molecule has 0 radical (unpaired) electrons. The zero-order chi connectivity index (χ0) is 51.3. The Hall–Kier alpha value is -5.10. The van der Waals surface area contributed by atoms with Crippen molar-refractivity contribution in [2.24, 2.45) is 16.8 Å². The van der Waals surface area contributed by atoms with Crippen molar-refractivity contribution in [2.45, 2.75) is 63.4 Å². The lowest BCUT2D eigenvalue weighted by atomic mass is 9.88. The van der Waals surface area contributed by atoms with Gasteiger partial charge in [0.1, 0.15) is 35.7 Å². The maximum atomic E-state index is 14.8. The molecular weight excluding hydrogens is 983 g/mol. The van der Waals surface area contributed by atoms with Crippen LogP contribution in [0.25, 0.3) is 44.8 Å². The number of ketones is 1. The second kappa shape index (κ2) is 25.9. The van der Waals surface area contributed by atoms with E-state index in [0.29, 0.717) is 64.1 Å². The maximum Gasteiger partial charge on any atom is 0.302 e. The number of Topliss-reactive ketones (excluding diaryl/α,β-unsaturated/α-hetero) is 1. The third kappa shape index (κ3) is 14.4. The number of hydrogen-bond donors (Lipinski definition) is 5. The highest BCUT2D eigenvalue weighted by atomic mass is 33.1. The number of allylic oxidation sites excluding steroid dienone is 1. The molecule has 17 nitrogen and oxygen atoms in total. The summed E-state index contributed by atoms with van der Waals surface area (Å²) >= 11 is 0. The van der Waals surface area contributed by atoms with E-state index in [9.17, 15) is 33.4 Å². The van der Waals surface area contributed by atoms with Gasteiger partial charge in [-0.3, -0.25) is 14.4 Å². The number of rotatable bonds is 25. The number of amides is 2. The van der Waals surface area contributed by atoms with Gasteiger partial charge in [-0.25, -0.2) is 23.7 Å².